The predicted molar refractivity (Wildman–Crippen MR) is 121 cm³/mol. The van der Waals surface area contributed by atoms with Crippen LogP contribution >= 0.6 is 7.60 Å². The van der Waals surface area contributed by atoms with Crippen molar-refractivity contribution >= 4 is 30.5 Å². The molecule has 0 radical (unpaired) electrons. The summed E-state index contributed by atoms with van der Waals surface area (Å²) >= 11 is 0. The molecule has 0 aliphatic rings. The van der Waals surface area contributed by atoms with Gasteiger partial charge in [-0.15, -0.1) is 0 Å². The first-order valence-corrected chi connectivity index (χ1v) is 12.0. The van der Waals surface area contributed by atoms with Crippen LogP contribution < -0.4 is 10.3 Å². The Labute approximate surface area is 191 Å². The van der Waals surface area contributed by atoms with Gasteiger partial charge in [0.15, 0.2) is 17.8 Å². The number of esters is 1. The van der Waals surface area contributed by atoms with Gasteiger partial charge in [0.05, 0.1) is 24.4 Å². The smallest absolute Gasteiger partial charge is 0.407 e. The van der Waals surface area contributed by atoms with Gasteiger partial charge >= 0.3 is 13.6 Å². The lowest BCUT2D eigenvalue weighted by Gasteiger charge is -2.22. The van der Waals surface area contributed by atoms with Crippen LogP contribution in [0.4, 0.5) is 5.82 Å². The van der Waals surface area contributed by atoms with Gasteiger partial charge < -0.3 is 24.3 Å². The number of anilines is 1. The lowest BCUT2D eigenvalue weighted by molar-refractivity contribution is -0.160. The van der Waals surface area contributed by atoms with Crippen LogP contribution in [0.15, 0.2) is 43.0 Å². The van der Waals surface area contributed by atoms with Crippen molar-refractivity contribution in [3.8, 4) is 5.75 Å². The Morgan fingerprint density at radius 2 is 1.91 bits per heavy atom. The number of para-hydroxylation sites is 1. The molecule has 12 heteroatoms. The Hall–Kier alpha value is -3.01. The Kier molecular flexibility index (Phi) is 7.68. The summed E-state index contributed by atoms with van der Waals surface area (Å²) < 4.78 is 37.0. The number of hydrogen-bond acceptors (Lipinski definition) is 10. The highest BCUT2D eigenvalue weighted by Gasteiger charge is 2.30. The summed E-state index contributed by atoms with van der Waals surface area (Å²) in [4.78, 5) is 24.3. The van der Waals surface area contributed by atoms with E-state index in [2.05, 4.69) is 15.0 Å². The number of imidazole rings is 1. The maximum atomic E-state index is 13.4. The number of carbonyl (C=O) groups is 1. The number of rotatable bonds is 10. The molecule has 2 aromatic heterocycles. The zero-order chi connectivity index (χ0) is 24.1. The van der Waals surface area contributed by atoms with E-state index in [0.29, 0.717) is 23.5 Å². The van der Waals surface area contributed by atoms with Crippen molar-refractivity contribution in [3.05, 3.63) is 43.0 Å². The summed E-state index contributed by atoms with van der Waals surface area (Å²) in [6.45, 7) is 6.75. The van der Waals surface area contributed by atoms with Crippen molar-refractivity contribution in [2.75, 3.05) is 18.9 Å². The summed E-state index contributed by atoms with van der Waals surface area (Å²) in [6.07, 6.45) is 2.17. The van der Waals surface area contributed by atoms with Gasteiger partial charge in [0.25, 0.3) is 0 Å². The minimum atomic E-state index is -3.82. The molecule has 3 rings (SSSR count). The van der Waals surface area contributed by atoms with E-state index in [9.17, 15) is 9.36 Å². The molecule has 0 unspecified atom stereocenters. The topological polar surface area (TPSA) is 141 Å². The molecule has 0 amide bonds. The molecule has 2 N–H and O–H groups in total. The lowest BCUT2D eigenvalue weighted by Crippen LogP contribution is -2.24. The molecule has 0 fully saturated rings. The molecule has 2 heterocycles. The van der Waals surface area contributed by atoms with Gasteiger partial charge in [-0.2, -0.15) is 0 Å². The predicted octanol–water partition coefficient (Wildman–Crippen LogP) is 3.61. The second-order valence-electron chi connectivity index (χ2n) is 8.38. The Bertz CT molecular complexity index is 1130. The van der Waals surface area contributed by atoms with Gasteiger partial charge in [-0.3, -0.25) is 9.32 Å². The zero-order valence-electron chi connectivity index (χ0n) is 19.0. The summed E-state index contributed by atoms with van der Waals surface area (Å²) in [5, 5.41) is 0. The third-order valence-electron chi connectivity index (χ3n) is 4.44. The number of nitrogens with zero attached hydrogens (tertiary/aromatic N) is 4. The molecule has 178 valence electrons. The minimum absolute atomic E-state index is 0.284. The number of nitrogen functional groups attached to an aromatic ring is 1. The average molecular weight is 477 g/mol. The van der Waals surface area contributed by atoms with Crippen LogP contribution in [0.25, 0.3) is 11.2 Å². The quantitative estimate of drug-likeness (QED) is 0.261. The van der Waals surface area contributed by atoms with Crippen molar-refractivity contribution < 1.29 is 27.9 Å². The van der Waals surface area contributed by atoms with Crippen LogP contribution in [0, 0.1) is 5.41 Å². The van der Waals surface area contributed by atoms with Crippen LogP contribution in [0.1, 0.15) is 27.7 Å². The van der Waals surface area contributed by atoms with E-state index in [1.54, 1.807) is 68.9 Å². The molecule has 2 atom stereocenters. The number of aromatic nitrogens is 4. The third kappa shape index (κ3) is 6.74. The highest BCUT2D eigenvalue weighted by atomic mass is 31.2. The largest absolute Gasteiger partial charge is 0.438 e. The first-order valence-electron chi connectivity index (χ1n) is 10.3. The molecular formula is C21H28N5O6P. The number of hydrogen-bond donors (Lipinski definition) is 1. The fourth-order valence-corrected chi connectivity index (χ4v) is 3.96. The highest BCUT2D eigenvalue weighted by molar-refractivity contribution is 7.54. The summed E-state index contributed by atoms with van der Waals surface area (Å²) in [6, 6.07) is 8.56. The second-order valence-corrected chi connectivity index (χ2v) is 10.3. The fraction of sp³-hybridized carbons (Fsp3) is 0.429. The monoisotopic (exact) mass is 477 g/mol. The molecule has 11 nitrogen and oxygen atoms in total. The van der Waals surface area contributed by atoms with Gasteiger partial charge in [-0.05, 0) is 39.8 Å². The van der Waals surface area contributed by atoms with E-state index in [1.807, 2.05) is 0 Å². The number of nitrogens with two attached hydrogens (primary N) is 1. The third-order valence-corrected chi connectivity index (χ3v) is 5.89. The van der Waals surface area contributed by atoms with E-state index >= 15 is 0 Å². The minimum Gasteiger partial charge on any atom is -0.438 e. The Morgan fingerprint density at radius 1 is 1.18 bits per heavy atom. The van der Waals surface area contributed by atoms with Crippen molar-refractivity contribution in [2.24, 2.45) is 5.41 Å². The van der Waals surface area contributed by atoms with Crippen LogP contribution in [-0.2, 0) is 29.9 Å². The normalized spacial score (nSPS) is 14.5. The maximum Gasteiger partial charge on any atom is 0.407 e. The molecule has 1 aromatic carbocycles. The molecular weight excluding hydrogens is 449 g/mol. The number of ether oxygens (including phenoxy) is 2. The van der Waals surface area contributed by atoms with Crippen molar-refractivity contribution in [2.45, 2.75) is 40.3 Å². The molecule has 0 saturated heterocycles. The van der Waals surface area contributed by atoms with Gasteiger partial charge in [-0.1, -0.05) is 18.2 Å². The van der Waals surface area contributed by atoms with Gasteiger partial charge in [0.1, 0.15) is 17.6 Å². The zero-order valence-corrected chi connectivity index (χ0v) is 19.9. The Balaban J connectivity index is 1.65. The van der Waals surface area contributed by atoms with Crippen molar-refractivity contribution in [3.63, 3.8) is 0 Å². The lowest BCUT2D eigenvalue weighted by atomic mass is 9.98. The van der Waals surface area contributed by atoms with Crippen LogP contribution in [0.2, 0.25) is 0 Å². The molecule has 0 aliphatic heterocycles. The van der Waals surface area contributed by atoms with E-state index in [1.165, 1.54) is 6.33 Å². The molecule has 0 bridgehead atoms. The molecule has 0 spiro atoms. The number of benzene rings is 1. The van der Waals surface area contributed by atoms with Crippen LogP contribution in [-0.4, -0.2) is 44.7 Å². The van der Waals surface area contributed by atoms with E-state index < -0.39 is 31.9 Å². The second kappa shape index (κ2) is 10.3. The van der Waals surface area contributed by atoms with E-state index in [-0.39, 0.29) is 12.2 Å². The molecule has 33 heavy (non-hydrogen) atoms. The maximum absolute atomic E-state index is 13.4. The first kappa shape index (κ1) is 24.6. The molecule has 0 aliphatic carbocycles. The van der Waals surface area contributed by atoms with Crippen molar-refractivity contribution in [1.82, 2.24) is 19.5 Å². The van der Waals surface area contributed by atoms with E-state index in [0.717, 1.165) is 0 Å². The molecule has 0 saturated carbocycles. The average Bonchev–Trinajstić information content (AvgIpc) is 3.16. The van der Waals surface area contributed by atoms with E-state index in [4.69, 9.17) is 24.3 Å². The first-order chi connectivity index (χ1) is 15.6. The highest BCUT2D eigenvalue weighted by Crippen LogP contribution is 2.48. The number of fused-ring (bicyclic) bond motifs is 1. The summed E-state index contributed by atoms with van der Waals surface area (Å²) in [5.41, 5.74) is 6.15. The molecule has 3 aromatic rings. The van der Waals surface area contributed by atoms with Gasteiger partial charge in [0.2, 0.25) is 6.79 Å². The Morgan fingerprint density at radius 3 is 2.61 bits per heavy atom. The summed E-state index contributed by atoms with van der Waals surface area (Å²) in [5.74, 6) is 0.134. The SMILES string of the molecule is C[C@H](Cn1cnc2c(N)ncnc21)OC[P@@](=O)(OCOC(=O)C(C)(C)C)Oc1ccccc1. The standard InChI is InChI=1S/C21H28N5O6P/c1-15(10-26-12-25-17-18(22)23-11-24-19(17)26)30-14-33(28,32-16-8-6-5-7-9-16)31-13-29-20(27)21(2,3)4/h5-9,11-12,15H,10,13-14H2,1-4H3,(H2,22,23,24)/t15-,33-/m1/s1. The summed E-state index contributed by atoms with van der Waals surface area (Å²) in [7, 11) is -3.82. The van der Waals surface area contributed by atoms with Crippen LogP contribution in [0.3, 0.4) is 0 Å². The van der Waals surface area contributed by atoms with Gasteiger partial charge in [0, 0.05) is 0 Å². The van der Waals surface area contributed by atoms with Gasteiger partial charge in [-0.25, -0.2) is 19.5 Å². The fourth-order valence-electron chi connectivity index (χ4n) is 2.69. The van der Waals surface area contributed by atoms with Crippen molar-refractivity contribution in [1.29, 1.82) is 0 Å². The number of carbonyl (C=O) groups excluding carboxylic acids is 1. The van der Waals surface area contributed by atoms with Crippen LogP contribution in [0.5, 0.6) is 5.75 Å².